The molecule has 24 heavy (non-hydrogen) atoms. The van der Waals surface area contributed by atoms with Crippen molar-refractivity contribution in [2.24, 2.45) is 0 Å². The molecule has 4 aromatic carbocycles. The topological polar surface area (TPSA) is 0 Å². The van der Waals surface area contributed by atoms with Crippen molar-refractivity contribution in [1.82, 2.24) is 0 Å². The van der Waals surface area contributed by atoms with Crippen molar-refractivity contribution in [2.75, 3.05) is 0 Å². The van der Waals surface area contributed by atoms with Crippen LogP contribution >= 0.6 is 66.5 Å². The molecule has 0 radical (unpaired) electrons. The van der Waals surface area contributed by atoms with E-state index in [4.69, 9.17) is 66.5 Å². The Morgan fingerprint density at radius 1 is 0.583 bits per heavy atom. The molecule has 0 atom stereocenters. The van der Waals surface area contributed by atoms with E-state index in [0.717, 1.165) is 32.3 Å². The van der Waals surface area contributed by atoms with E-state index < -0.39 is 12.0 Å². The van der Waals surface area contributed by atoms with Gasteiger partial charge in [0.15, 0.2) is 0 Å². The van der Waals surface area contributed by atoms with E-state index in [0.29, 0.717) is 10.4 Å². The average Bonchev–Trinajstić information content (AvgIpc) is 2.50. The van der Waals surface area contributed by atoms with E-state index in [1.165, 1.54) is 0 Å². The van der Waals surface area contributed by atoms with Gasteiger partial charge in [-0.2, -0.15) is 0 Å². The Labute approximate surface area is 168 Å². The maximum Gasteiger partial charge on any atom is 0.373 e. The molecule has 4 aromatic rings. The van der Waals surface area contributed by atoms with Crippen LogP contribution in [0.1, 0.15) is 0 Å². The summed E-state index contributed by atoms with van der Waals surface area (Å²) in [7, 11) is 0. The molecule has 0 nitrogen and oxygen atoms in total. The fourth-order valence-electron chi connectivity index (χ4n) is 3.34. The number of benzene rings is 4. The van der Waals surface area contributed by atoms with E-state index >= 15 is 0 Å². The summed E-state index contributed by atoms with van der Waals surface area (Å²) in [6.45, 7) is 0. The molecular formula is C16H8Cl6Si2. The van der Waals surface area contributed by atoms with Gasteiger partial charge in [-0.1, -0.05) is 48.5 Å². The zero-order valence-electron chi connectivity index (χ0n) is 11.9. The minimum Gasteiger partial charge on any atom is -0.121 e. The first kappa shape index (κ1) is 17.5. The molecule has 0 saturated carbocycles. The lowest BCUT2D eigenvalue weighted by Crippen LogP contribution is -2.51. The Hall–Kier alpha value is 0.0938. The van der Waals surface area contributed by atoms with Gasteiger partial charge in [0, 0.05) is 0 Å². The number of rotatable bonds is 2. The van der Waals surface area contributed by atoms with Crippen molar-refractivity contribution in [1.29, 1.82) is 0 Å². The van der Waals surface area contributed by atoms with Gasteiger partial charge in [0.05, 0.1) is 0 Å². The number of hydrogen-bond acceptors (Lipinski definition) is 0. The SMILES string of the molecule is Cl[Si](Cl)(Cl)c1cc2ccc3cccc4ccc(c1[Si](Cl)(Cl)Cl)c2c34. The van der Waals surface area contributed by atoms with Crippen molar-refractivity contribution in [3.63, 3.8) is 0 Å². The molecule has 0 bridgehead atoms. The van der Waals surface area contributed by atoms with Crippen LogP contribution in [0.15, 0.2) is 48.5 Å². The second-order valence-corrected chi connectivity index (χ2v) is 22.4. The third kappa shape index (κ3) is 2.72. The summed E-state index contributed by atoms with van der Waals surface area (Å²) in [5.41, 5.74) is 0. The highest BCUT2D eigenvalue weighted by molar-refractivity contribution is 7.73. The lowest BCUT2D eigenvalue weighted by molar-refractivity contribution is 1.81. The third-order valence-corrected chi connectivity index (χ3v) is 10.1. The maximum atomic E-state index is 6.41. The second kappa shape index (κ2) is 5.80. The molecule has 0 heterocycles. The highest BCUT2D eigenvalue weighted by Gasteiger charge is 2.41. The minimum atomic E-state index is -3.28. The first-order valence-corrected chi connectivity index (χ1v) is 17.1. The molecule has 0 N–H and O–H groups in total. The summed E-state index contributed by atoms with van der Waals surface area (Å²) in [6, 6.07) is 9.66. The van der Waals surface area contributed by atoms with Crippen LogP contribution in [0.25, 0.3) is 32.3 Å². The van der Waals surface area contributed by atoms with Gasteiger partial charge in [0.25, 0.3) is 0 Å². The Morgan fingerprint density at radius 2 is 1.17 bits per heavy atom. The summed E-state index contributed by atoms with van der Waals surface area (Å²) in [6.07, 6.45) is 0. The van der Waals surface area contributed by atoms with Crippen LogP contribution in [0.5, 0.6) is 0 Å². The Kier molecular flexibility index (Phi) is 4.23. The van der Waals surface area contributed by atoms with Crippen LogP contribution < -0.4 is 10.4 Å². The van der Waals surface area contributed by atoms with Crippen molar-refractivity contribution in [2.45, 2.75) is 0 Å². The zero-order chi connectivity index (χ0) is 17.3. The van der Waals surface area contributed by atoms with Crippen LogP contribution in [0.3, 0.4) is 0 Å². The van der Waals surface area contributed by atoms with Crippen LogP contribution in [-0.2, 0) is 0 Å². The van der Waals surface area contributed by atoms with Crippen LogP contribution in [0.4, 0.5) is 0 Å². The van der Waals surface area contributed by atoms with Crippen molar-refractivity contribution >= 4 is 121 Å². The van der Waals surface area contributed by atoms with Gasteiger partial charge in [0.1, 0.15) is 0 Å². The molecule has 0 aliphatic carbocycles. The molecular weight excluding hydrogens is 461 g/mol. The van der Waals surface area contributed by atoms with Gasteiger partial charge in [0.2, 0.25) is 0 Å². The maximum absolute atomic E-state index is 6.41. The molecule has 0 fully saturated rings. The molecule has 122 valence electrons. The highest BCUT2D eigenvalue weighted by atomic mass is 35.8. The Morgan fingerprint density at radius 3 is 1.75 bits per heavy atom. The van der Waals surface area contributed by atoms with Gasteiger partial charge < -0.3 is 0 Å². The largest absolute Gasteiger partial charge is 0.373 e. The second-order valence-electron chi connectivity index (χ2n) is 5.65. The molecule has 0 spiro atoms. The monoisotopic (exact) mass is 466 g/mol. The van der Waals surface area contributed by atoms with Crippen molar-refractivity contribution < 1.29 is 0 Å². The summed E-state index contributed by atoms with van der Waals surface area (Å²) in [4.78, 5) is 0. The third-order valence-electron chi connectivity index (χ3n) is 4.24. The fraction of sp³-hybridized carbons (Fsp3) is 0. The summed E-state index contributed by atoms with van der Waals surface area (Å²) < 4.78 is 0. The van der Waals surface area contributed by atoms with E-state index in [9.17, 15) is 0 Å². The molecule has 0 unspecified atom stereocenters. The normalized spacial score (nSPS) is 13.4. The number of halogens is 6. The molecule has 8 heteroatoms. The predicted molar refractivity (Wildman–Crippen MR) is 116 cm³/mol. The Balaban J connectivity index is 2.32. The molecule has 0 saturated heterocycles. The summed E-state index contributed by atoms with van der Waals surface area (Å²) >= 11 is 38.2. The lowest BCUT2D eigenvalue weighted by atomic mass is 9.94. The van der Waals surface area contributed by atoms with Gasteiger partial charge in [-0.15, -0.1) is 66.5 Å². The average molecular weight is 469 g/mol. The smallest absolute Gasteiger partial charge is 0.121 e. The quantitative estimate of drug-likeness (QED) is 0.184. The predicted octanol–water partition coefficient (Wildman–Crippen LogP) is 6.31. The van der Waals surface area contributed by atoms with Crippen molar-refractivity contribution in [3.05, 3.63) is 48.5 Å². The minimum absolute atomic E-state index is 0.574. The summed E-state index contributed by atoms with van der Waals surface area (Å²) in [5.74, 6) is 0. The van der Waals surface area contributed by atoms with Gasteiger partial charge in [-0.3, -0.25) is 0 Å². The fourth-order valence-corrected chi connectivity index (χ4v) is 10.7. The molecule has 0 amide bonds. The standard InChI is InChI=1S/C16H8Cl6Si2/c17-23(18,19)13-8-11-5-4-9-2-1-3-10-6-7-12(15(11)14(9)10)16(13)24(20,21)22/h1-8H. The molecule has 0 aliphatic rings. The first-order chi connectivity index (χ1) is 11.2. The molecule has 0 aliphatic heterocycles. The molecule has 0 aromatic heterocycles. The van der Waals surface area contributed by atoms with Gasteiger partial charge in [-0.05, 0) is 42.7 Å². The van der Waals surface area contributed by atoms with E-state index in [1.54, 1.807) is 0 Å². The van der Waals surface area contributed by atoms with Crippen LogP contribution in [-0.4, -0.2) is 12.0 Å². The van der Waals surface area contributed by atoms with Gasteiger partial charge >= 0.3 is 12.0 Å². The first-order valence-electron chi connectivity index (χ1n) is 7.03. The zero-order valence-corrected chi connectivity index (χ0v) is 18.4. The van der Waals surface area contributed by atoms with E-state index in [1.807, 2.05) is 30.3 Å². The van der Waals surface area contributed by atoms with Crippen LogP contribution in [0.2, 0.25) is 0 Å². The summed E-state index contributed by atoms with van der Waals surface area (Å²) in [5, 5.41) is 7.53. The van der Waals surface area contributed by atoms with Crippen LogP contribution in [0, 0.1) is 0 Å². The Bertz CT molecular complexity index is 1070. The van der Waals surface area contributed by atoms with Crippen molar-refractivity contribution in [3.8, 4) is 0 Å². The highest BCUT2D eigenvalue weighted by Crippen LogP contribution is 2.36. The van der Waals surface area contributed by atoms with E-state index in [2.05, 4.69) is 18.2 Å². The van der Waals surface area contributed by atoms with Gasteiger partial charge in [-0.25, -0.2) is 0 Å². The molecule has 4 rings (SSSR count). The lowest BCUT2D eigenvalue weighted by Gasteiger charge is -2.23. The number of hydrogen-bond donors (Lipinski definition) is 0. The van der Waals surface area contributed by atoms with E-state index in [-0.39, 0.29) is 0 Å².